The molecule has 0 aliphatic rings. The highest BCUT2D eigenvalue weighted by Gasteiger charge is 2.13. The molecule has 0 fully saturated rings. The third-order valence-electron chi connectivity index (χ3n) is 3.34. The van der Waals surface area contributed by atoms with Crippen LogP contribution in [0.4, 0.5) is 5.82 Å². The molecule has 1 heterocycles. The van der Waals surface area contributed by atoms with Crippen LogP contribution in [0.2, 0.25) is 0 Å². The lowest BCUT2D eigenvalue weighted by Crippen LogP contribution is -2.24. The SMILES string of the molecule is C=C(Cl)COc1ccc(Br)cc1CN(CC)c1ccc(C(=O)O)nn1. The Labute approximate surface area is 159 Å². The molecular formula is C17H17BrClN3O3. The minimum Gasteiger partial charge on any atom is -0.488 e. The highest BCUT2D eigenvalue weighted by atomic mass is 79.9. The molecule has 0 amide bonds. The molecular weight excluding hydrogens is 410 g/mol. The quantitative estimate of drug-likeness (QED) is 0.685. The number of aromatic nitrogens is 2. The Morgan fingerprint density at radius 2 is 2.12 bits per heavy atom. The van der Waals surface area contributed by atoms with Gasteiger partial charge in [0, 0.05) is 28.2 Å². The molecule has 0 unspecified atom stereocenters. The van der Waals surface area contributed by atoms with Gasteiger partial charge in [-0.05, 0) is 37.3 Å². The van der Waals surface area contributed by atoms with Crippen LogP contribution in [0.1, 0.15) is 23.0 Å². The maximum atomic E-state index is 10.9. The number of carboxylic acids is 1. The van der Waals surface area contributed by atoms with Crippen molar-refractivity contribution in [2.45, 2.75) is 13.5 Å². The predicted molar refractivity (Wildman–Crippen MR) is 100 cm³/mol. The normalized spacial score (nSPS) is 10.4. The highest BCUT2D eigenvalue weighted by molar-refractivity contribution is 9.10. The van der Waals surface area contributed by atoms with Crippen molar-refractivity contribution in [1.29, 1.82) is 0 Å². The molecule has 6 nitrogen and oxygen atoms in total. The molecule has 0 radical (unpaired) electrons. The van der Waals surface area contributed by atoms with Crippen LogP contribution >= 0.6 is 27.5 Å². The second-order valence-electron chi connectivity index (χ2n) is 5.15. The lowest BCUT2D eigenvalue weighted by Gasteiger charge is -2.23. The molecule has 1 N–H and O–H groups in total. The van der Waals surface area contributed by atoms with Crippen LogP contribution in [0.5, 0.6) is 5.75 Å². The topological polar surface area (TPSA) is 75.5 Å². The maximum absolute atomic E-state index is 10.9. The smallest absolute Gasteiger partial charge is 0.356 e. The van der Waals surface area contributed by atoms with Crippen molar-refractivity contribution in [2.75, 3.05) is 18.1 Å². The number of halogens is 2. The summed E-state index contributed by atoms with van der Waals surface area (Å²) >= 11 is 9.23. The first kappa shape index (κ1) is 19.2. The van der Waals surface area contributed by atoms with Crippen molar-refractivity contribution in [3.63, 3.8) is 0 Å². The van der Waals surface area contributed by atoms with Gasteiger partial charge in [-0.25, -0.2) is 4.79 Å². The van der Waals surface area contributed by atoms with Crippen molar-refractivity contribution >= 4 is 39.3 Å². The summed E-state index contributed by atoms with van der Waals surface area (Å²) in [5.41, 5.74) is 0.838. The fraction of sp³-hybridized carbons (Fsp3) is 0.235. The van der Waals surface area contributed by atoms with E-state index in [1.807, 2.05) is 30.0 Å². The average molecular weight is 427 g/mol. The molecule has 0 aliphatic heterocycles. The first-order chi connectivity index (χ1) is 11.9. The van der Waals surface area contributed by atoms with Gasteiger partial charge in [-0.3, -0.25) is 0 Å². The molecule has 0 saturated heterocycles. The Morgan fingerprint density at radius 1 is 1.36 bits per heavy atom. The van der Waals surface area contributed by atoms with E-state index in [1.165, 1.54) is 6.07 Å². The zero-order valence-corrected chi connectivity index (χ0v) is 15.9. The number of aromatic carboxylic acids is 1. The van der Waals surface area contributed by atoms with Crippen LogP contribution in [0.25, 0.3) is 0 Å². The number of hydrogen-bond acceptors (Lipinski definition) is 5. The van der Waals surface area contributed by atoms with Crippen LogP contribution in [0.3, 0.4) is 0 Å². The first-order valence-corrected chi connectivity index (χ1v) is 8.64. The van der Waals surface area contributed by atoms with Gasteiger partial charge in [-0.1, -0.05) is 34.1 Å². The fourth-order valence-electron chi connectivity index (χ4n) is 2.14. The van der Waals surface area contributed by atoms with E-state index in [0.717, 1.165) is 10.0 Å². The molecule has 25 heavy (non-hydrogen) atoms. The van der Waals surface area contributed by atoms with Gasteiger partial charge < -0.3 is 14.7 Å². The minimum absolute atomic E-state index is 0.0908. The summed E-state index contributed by atoms with van der Waals surface area (Å²) in [7, 11) is 0. The number of rotatable bonds is 8. The Hall–Kier alpha value is -2.12. The first-order valence-electron chi connectivity index (χ1n) is 7.47. The fourth-order valence-corrected chi connectivity index (χ4v) is 2.60. The largest absolute Gasteiger partial charge is 0.488 e. The average Bonchev–Trinajstić information content (AvgIpc) is 2.58. The van der Waals surface area contributed by atoms with Crippen molar-refractivity contribution in [3.8, 4) is 5.75 Å². The van der Waals surface area contributed by atoms with E-state index >= 15 is 0 Å². The van der Waals surface area contributed by atoms with Gasteiger partial charge in [0.1, 0.15) is 12.4 Å². The molecule has 8 heteroatoms. The number of hydrogen-bond donors (Lipinski definition) is 1. The van der Waals surface area contributed by atoms with Gasteiger partial charge in [-0.2, -0.15) is 0 Å². The van der Waals surface area contributed by atoms with Crippen LogP contribution in [0, 0.1) is 0 Å². The number of benzene rings is 1. The summed E-state index contributed by atoms with van der Waals surface area (Å²) in [6.07, 6.45) is 0. The monoisotopic (exact) mass is 425 g/mol. The van der Waals surface area contributed by atoms with Crippen LogP contribution in [-0.4, -0.2) is 34.4 Å². The summed E-state index contributed by atoms with van der Waals surface area (Å²) in [6, 6.07) is 8.76. The van der Waals surface area contributed by atoms with Crippen molar-refractivity contribution in [1.82, 2.24) is 10.2 Å². The maximum Gasteiger partial charge on any atom is 0.356 e. The molecule has 0 atom stereocenters. The van der Waals surface area contributed by atoms with Crippen LogP contribution in [-0.2, 0) is 6.54 Å². The molecule has 0 aliphatic carbocycles. The Kier molecular flexibility index (Phi) is 6.78. The summed E-state index contributed by atoms with van der Waals surface area (Å²) in [5, 5.41) is 17.1. The second kappa shape index (κ2) is 8.82. The molecule has 0 saturated carbocycles. The second-order valence-corrected chi connectivity index (χ2v) is 6.60. The van der Waals surface area contributed by atoms with Gasteiger partial charge in [0.2, 0.25) is 0 Å². The molecule has 2 aromatic rings. The Balaban J connectivity index is 2.24. The molecule has 0 bridgehead atoms. The number of ether oxygens (including phenoxy) is 1. The predicted octanol–water partition coefficient (Wildman–Crippen LogP) is 4.10. The van der Waals surface area contributed by atoms with E-state index < -0.39 is 5.97 Å². The molecule has 132 valence electrons. The van der Waals surface area contributed by atoms with Crippen LogP contribution in [0.15, 0.2) is 46.4 Å². The summed E-state index contributed by atoms with van der Waals surface area (Å²) < 4.78 is 6.61. The van der Waals surface area contributed by atoms with E-state index in [1.54, 1.807) is 6.07 Å². The van der Waals surface area contributed by atoms with Gasteiger partial charge in [0.05, 0.1) is 0 Å². The van der Waals surface area contributed by atoms with Crippen molar-refractivity contribution < 1.29 is 14.6 Å². The number of anilines is 1. The van der Waals surface area contributed by atoms with Gasteiger partial charge in [0.25, 0.3) is 0 Å². The highest BCUT2D eigenvalue weighted by Crippen LogP contribution is 2.26. The number of carbonyl (C=O) groups is 1. The zero-order chi connectivity index (χ0) is 18.4. The van der Waals surface area contributed by atoms with E-state index in [9.17, 15) is 4.79 Å². The third kappa shape index (κ3) is 5.44. The molecule has 1 aromatic heterocycles. The van der Waals surface area contributed by atoms with E-state index in [4.69, 9.17) is 21.4 Å². The third-order valence-corrected chi connectivity index (χ3v) is 3.95. The summed E-state index contributed by atoms with van der Waals surface area (Å²) in [6.45, 7) is 6.99. The number of carboxylic acid groups (broad SMARTS) is 1. The van der Waals surface area contributed by atoms with Crippen molar-refractivity contribution in [3.05, 3.63) is 57.7 Å². The lowest BCUT2D eigenvalue weighted by atomic mass is 10.2. The minimum atomic E-state index is -1.11. The van der Waals surface area contributed by atoms with Gasteiger partial charge in [-0.15, -0.1) is 10.2 Å². The summed E-state index contributed by atoms with van der Waals surface area (Å²) in [4.78, 5) is 12.9. The molecule has 0 spiro atoms. The Bertz CT molecular complexity index is 768. The van der Waals surface area contributed by atoms with Gasteiger partial charge >= 0.3 is 5.97 Å². The standard InChI is InChI=1S/C17H17BrClN3O3/c1-3-22(16-7-5-14(17(23)24)20-21-16)9-12-8-13(18)4-6-15(12)25-10-11(2)19/h4-8H,2-3,9-10H2,1H3,(H,23,24). The molecule has 1 aromatic carbocycles. The van der Waals surface area contributed by atoms with E-state index in [-0.39, 0.29) is 12.3 Å². The molecule has 2 rings (SSSR count). The number of nitrogens with zero attached hydrogens (tertiary/aromatic N) is 3. The zero-order valence-electron chi connectivity index (χ0n) is 13.6. The van der Waals surface area contributed by atoms with Gasteiger partial charge in [0.15, 0.2) is 11.5 Å². The van der Waals surface area contributed by atoms with Crippen molar-refractivity contribution in [2.24, 2.45) is 0 Å². The summed E-state index contributed by atoms with van der Waals surface area (Å²) in [5.74, 6) is 0.171. The van der Waals surface area contributed by atoms with Crippen LogP contribution < -0.4 is 9.64 Å². The van der Waals surface area contributed by atoms with E-state index in [2.05, 4.69) is 32.7 Å². The lowest BCUT2D eigenvalue weighted by molar-refractivity contribution is 0.0689. The van der Waals surface area contributed by atoms with E-state index in [0.29, 0.717) is 29.7 Å². The Morgan fingerprint density at radius 3 is 2.68 bits per heavy atom.